The van der Waals surface area contributed by atoms with Gasteiger partial charge in [0, 0.05) is 23.0 Å². The lowest BCUT2D eigenvalue weighted by atomic mass is 10.0. The number of anilines is 2. The molecule has 1 N–H and O–H groups in total. The minimum atomic E-state index is -0.617. The Kier molecular flexibility index (Phi) is 4.43. The van der Waals surface area contributed by atoms with Gasteiger partial charge in [0.05, 0.1) is 19.3 Å². The Labute approximate surface area is 172 Å². The smallest absolute Gasteiger partial charge is 0.277 e. The molecule has 1 atom stereocenters. The van der Waals surface area contributed by atoms with Gasteiger partial charge in [0.2, 0.25) is 5.95 Å². The van der Waals surface area contributed by atoms with Crippen molar-refractivity contribution in [3.63, 3.8) is 0 Å². The van der Waals surface area contributed by atoms with Crippen LogP contribution >= 0.6 is 0 Å². The van der Waals surface area contributed by atoms with Crippen molar-refractivity contribution in [2.45, 2.75) is 45.9 Å². The third kappa shape index (κ3) is 3.10. The second kappa shape index (κ2) is 7.02. The molecular weight excluding hydrogens is 388 g/mol. The Balaban J connectivity index is 1.63. The summed E-state index contributed by atoms with van der Waals surface area (Å²) in [5.41, 5.74) is 5.74. The molecular formula is C23H21F2N3O2. The van der Waals surface area contributed by atoms with E-state index < -0.39 is 11.6 Å². The van der Waals surface area contributed by atoms with Gasteiger partial charge in [0.15, 0.2) is 0 Å². The van der Waals surface area contributed by atoms with E-state index >= 15 is 0 Å². The first-order valence-corrected chi connectivity index (χ1v) is 9.96. The van der Waals surface area contributed by atoms with Crippen molar-refractivity contribution in [2.75, 3.05) is 5.32 Å². The van der Waals surface area contributed by atoms with Gasteiger partial charge >= 0.3 is 0 Å². The van der Waals surface area contributed by atoms with E-state index in [4.69, 9.17) is 4.74 Å². The molecule has 1 aromatic heterocycles. The molecule has 0 bridgehead atoms. The summed E-state index contributed by atoms with van der Waals surface area (Å²) in [6, 6.07) is 7.33. The van der Waals surface area contributed by atoms with Gasteiger partial charge in [-0.1, -0.05) is 6.07 Å². The van der Waals surface area contributed by atoms with Gasteiger partial charge in [-0.25, -0.2) is 8.78 Å². The average molecular weight is 409 g/mol. The first kappa shape index (κ1) is 18.9. The van der Waals surface area contributed by atoms with E-state index in [0.717, 1.165) is 34.1 Å². The maximum Gasteiger partial charge on any atom is 0.277 e. The molecule has 154 valence electrons. The first-order valence-electron chi connectivity index (χ1n) is 9.96. The fourth-order valence-corrected chi connectivity index (χ4v) is 4.49. The molecule has 7 heteroatoms. The number of ether oxygens (including phenoxy) is 1. The van der Waals surface area contributed by atoms with E-state index in [1.807, 2.05) is 17.6 Å². The Morgan fingerprint density at radius 3 is 2.50 bits per heavy atom. The molecule has 1 unspecified atom stereocenters. The Bertz CT molecular complexity index is 1220. The number of benzene rings is 2. The van der Waals surface area contributed by atoms with E-state index in [1.165, 1.54) is 12.1 Å². The summed E-state index contributed by atoms with van der Waals surface area (Å²) >= 11 is 0. The molecule has 0 spiro atoms. The van der Waals surface area contributed by atoms with Gasteiger partial charge in [-0.2, -0.15) is 4.98 Å². The summed E-state index contributed by atoms with van der Waals surface area (Å²) in [4.78, 5) is 16.8. The lowest BCUT2D eigenvalue weighted by Crippen LogP contribution is -2.22. The number of fused-ring (bicyclic) bond motifs is 2. The van der Waals surface area contributed by atoms with Crippen LogP contribution in [0.25, 0.3) is 0 Å². The first-order chi connectivity index (χ1) is 14.4. The van der Waals surface area contributed by atoms with Crippen molar-refractivity contribution >= 4 is 11.6 Å². The second-order valence-corrected chi connectivity index (χ2v) is 7.99. The summed E-state index contributed by atoms with van der Waals surface area (Å²) in [7, 11) is 0. The molecule has 0 aliphatic carbocycles. The van der Waals surface area contributed by atoms with Crippen LogP contribution in [0.15, 0.2) is 35.1 Å². The zero-order chi connectivity index (χ0) is 21.0. The van der Waals surface area contributed by atoms with Crippen LogP contribution in [0.1, 0.15) is 46.0 Å². The van der Waals surface area contributed by atoms with Crippen LogP contribution in [0.4, 0.5) is 20.4 Å². The largest absolute Gasteiger partial charge is 0.372 e. The molecule has 2 aliphatic heterocycles. The molecule has 0 fully saturated rings. The highest BCUT2D eigenvalue weighted by atomic mass is 19.1. The quantitative estimate of drug-likeness (QED) is 0.695. The van der Waals surface area contributed by atoms with Crippen LogP contribution in [-0.4, -0.2) is 9.55 Å². The maximum absolute atomic E-state index is 13.9. The molecule has 0 radical (unpaired) electrons. The summed E-state index contributed by atoms with van der Waals surface area (Å²) in [6.07, 6.45) is 1.28. The predicted molar refractivity (Wildman–Crippen MR) is 109 cm³/mol. The molecule has 3 aromatic rings. The molecule has 5 nitrogen and oxygen atoms in total. The number of rotatable bonds is 3. The topological polar surface area (TPSA) is 56.2 Å². The van der Waals surface area contributed by atoms with E-state index in [-0.39, 0.29) is 11.6 Å². The third-order valence-corrected chi connectivity index (χ3v) is 6.02. The molecule has 30 heavy (non-hydrogen) atoms. The van der Waals surface area contributed by atoms with Crippen LogP contribution < -0.4 is 10.9 Å². The fraction of sp³-hybridized carbons (Fsp3) is 0.304. The SMILES string of the molecule is Cc1cc2c(cc1Nc1nc(=O)c(C)c3n1C(c1cc(F)cc(F)c1)CC3)COC2. The highest BCUT2D eigenvalue weighted by Crippen LogP contribution is 2.37. The summed E-state index contributed by atoms with van der Waals surface area (Å²) in [5.74, 6) is -0.851. The van der Waals surface area contributed by atoms with Crippen LogP contribution in [0.5, 0.6) is 0 Å². The van der Waals surface area contributed by atoms with Gasteiger partial charge in [0.25, 0.3) is 5.56 Å². The number of hydrogen-bond donors (Lipinski definition) is 1. The Morgan fingerprint density at radius 1 is 1.07 bits per heavy atom. The second-order valence-electron chi connectivity index (χ2n) is 7.99. The van der Waals surface area contributed by atoms with Gasteiger partial charge < -0.3 is 14.6 Å². The highest BCUT2D eigenvalue weighted by molar-refractivity contribution is 5.62. The third-order valence-electron chi connectivity index (χ3n) is 6.02. The normalized spacial score (nSPS) is 17.1. The van der Waals surface area contributed by atoms with E-state index in [2.05, 4.69) is 16.4 Å². The number of halogens is 2. The van der Waals surface area contributed by atoms with Crippen molar-refractivity contribution < 1.29 is 13.5 Å². The molecule has 3 heterocycles. The maximum atomic E-state index is 13.9. The molecule has 0 saturated carbocycles. The van der Waals surface area contributed by atoms with Crippen LogP contribution in [-0.2, 0) is 24.4 Å². The lowest BCUT2D eigenvalue weighted by Gasteiger charge is -2.22. The monoisotopic (exact) mass is 409 g/mol. The van der Waals surface area contributed by atoms with Gasteiger partial charge in [-0.15, -0.1) is 0 Å². The number of aryl methyl sites for hydroxylation is 1. The van der Waals surface area contributed by atoms with Crippen LogP contribution in [0.3, 0.4) is 0 Å². The molecule has 5 rings (SSSR count). The molecule has 2 aromatic carbocycles. The minimum Gasteiger partial charge on any atom is -0.372 e. The van der Waals surface area contributed by atoms with Crippen molar-refractivity contribution in [3.05, 3.63) is 85.8 Å². The summed E-state index contributed by atoms with van der Waals surface area (Å²) in [6.45, 7) is 4.88. The average Bonchev–Trinajstić information content (AvgIpc) is 3.32. The minimum absolute atomic E-state index is 0.294. The van der Waals surface area contributed by atoms with Crippen molar-refractivity contribution in [3.8, 4) is 0 Å². The van der Waals surface area contributed by atoms with Crippen LogP contribution in [0, 0.1) is 25.5 Å². The standard InChI is InChI=1S/C23H21F2N3O2/c1-12-5-15-10-30-11-16(15)8-19(12)26-23-27-22(29)13(2)20-3-4-21(28(20)23)14-6-17(24)9-18(25)7-14/h5-9,21H,3-4,10-11H2,1-2H3,(H,26,27,29). The molecule has 2 aliphatic rings. The van der Waals surface area contributed by atoms with Crippen molar-refractivity contribution in [1.29, 1.82) is 0 Å². The number of nitrogens with zero attached hydrogens (tertiary/aromatic N) is 2. The number of hydrogen-bond acceptors (Lipinski definition) is 4. The van der Waals surface area contributed by atoms with Crippen molar-refractivity contribution in [2.24, 2.45) is 0 Å². The van der Waals surface area contributed by atoms with Crippen molar-refractivity contribution in [1.82, 2.24) is 9.55 Å². The van der Waals surface area contributed by atoms with Gasteiger partial charge in [-0.3, -0.25) is 4.79 Å². The number of nitrogens with one attached hydrogen (secondary N) is 1. The van der Waals surface area contributed by atoms with E-state index in [1.54, 1.807) is 6.92 Å². The van der Waals surface area contributed by atoms with E-state index in [9.17, 15) is 13.6 Å². The number of aromatic nitrogens is 2. The lowest BCUT2D eigenvalue weighted by molar-refractivity contribution is 0.134. The van der Waals surface area contributed by atoms with Gasteiger partial charge in [0.1, 0.15) is 11.6 Å². The summed E-state index contributed by atoms with van der Waals surface area (Å²) < 4.78 is 35.2. The van der Waals surface area contributed by atoms with E-state index in [0.29, 0.717) is 43.1 Å². The van der Waals surface area contributed by atoms with Crippen LogP contribution in [0.2, 0.25) is 0 Å². The zero-order valence-corrected chi connectivity index (χ0v) is 16.8. The summed E-state index contributed by atoms with van der Waals surface area (Å²) in [5, 5.41) is 3.31. The zero-order valence-electron chi connectivity index (χ0n) is 16.8. The fourth-order valence-electron chi connectivity index (χ4n) is 4.49. The predicted octanol–water partition coefficient (Wildman–Crippen LogP) is 4.45. The molecule has 0 saturated heterocycles. The molecule has 0 amide bonds. The van der Waals surface area contributed by atoms with Gasteiger partial charge in [-0.05, 0) is 67.1 Å². The Hall–Kier alpha value is -3.06. The highest BCUT2D eigenvalue weighted by Gasteiger charge is 2.29. The Morgan fingerprint density at radius 2 is 1.77 bits per heavy atom.